The Balaban J connectivity index is 2.06. The summed E-state index contributed by atoms with van der Waals surface area (Å²) in [6.45, 7) is 0. The molecule has 2 rings (SSSR count). The van der Waals surface area contributed by atoms with E-state index in [9.17, 15) is 4.79 Å². The SMILES string of the molecule is O=C1NSC2CC(Cl)CCC12. The van der Waals surface area contributed by atoms with E-state index in [1.165, 1.54) is 0 Å². The zero-order valence-corrected chi connectivity index (χ0v) is 7.62. The van der Waals surface area contributed by atoms with Crippen molar-refractivity contribution in [3.8, 4) is 0 Å². The highest BCUT2D eigenvalue weighted by Crippen LogP contribution is 2.38. The fourth-order valence-corrected chi connectivity index (χ4v) is 3.32. The van der Waals surface area contributed by atoms with Crippen LogP contribution in [0.2, 0.25) is 0 Å². The van der Waals surface area contributed by atoms with Crippen LogP contribution < -0.4 is 4.72 Å². The van der Waals surface area contributed by atoms with Gasteiger partial charge in [-0.3, -0.25) is 9.52 Å². The van der Waals surface area contributed by atoms with Crippen molar-refractivity contribution < 1.29 is 4.79 Å². The van der Waals surface area contributed by atoms with E-state index >= 15 is 0 Å². The first-order valence-corrected chi connectivity index (χ1v) is 5.18. The molecule has 3 atom stereocenters. The van der Waals surface area contributed by atoms with Crippen molar-refractivity contribution in [3.63, 3.8) is 0 Å². The van der Waals surface area contributed by atoms with Crippen LogP contribution in [0.15, 0.2) is 0 Å². The summed E-state index contributed by atoms with van der Waals surface area (Å²) < 4.78 is 2.80. The van der Waals surface area contributed by atoms with Crippen molar-refractivity contribution in [1.29, 1.82) is 0 Å². The number of carbonyl (C=O) groups is 1. The zero-order valence-electron chi connectivity index (χ0n) is 6.05. The maximum Gasteiger partial charge on any atom is 0.234 e. The zero-order chi connectivity index (χ0) is 7.84. The van der Waals surface area contributed by atoms with Crippen molar-refractivity contribution in [2.24, 2.45) is 5.92 Å². The molecule has 0 aromatic heterocycles. The summed E-state index contributed by atoms with van der Waals surface area (Å²) in [5, 5.41) is 0.732. The minimum absolute atomic E-state index is 0.212. The van der Waals surface area contributed by atoms with Gasteiger partial charge in [0.05, 0.1) is 5.92 Å². The summed E-state index contributed by atoms with van der Waals surface area (Å²) in [5.74, 6) is 0.457. The van der Waals surface area contributed by atoms with Crippen molar-refractivity contribution in [2.75, 3.05) is 0 Å². The minimum atomic E-state index is 0.212. The Hall–Kier alpha value is 0.110. The third-order valence-corrected chi connectivity index (χ3v) is 3.91. The molecule has 2 aliphatic rings. The quantitative estimate of drug-likeness (QED) is 0.465. The molecule has 2 nitrogen and oxygen atoms in total. The van der Waals surface area contributed by atoms with E-state index < -0.39 is 0 Å². The normalized spacial score (nSPS) is 43.4. The fraction of sp³-hybridized carbons (Fsp3) is 0.857. The number of fused-ring (bicyclic) bond motifs is 1. The molecule has 1 aliphatic heterocycles. The maximum absolute atomic E-state index is 11.1. The highest BCUT2D eigenvalue weighted by molar-refractivity contribution is 7.99. The summed E-state index contributed by atoms with van der Waals surface area (Å²) in [5.41, 5.74) is 0. The summed E-state index contributed by atoms with van der Waals surface area (Å²) >= 11 is 7.53. The molecular formula is C7H10ClNOS. The third kappa shape index (κ3) is 1.36. The molecule has 11 heavy (non-hydrogen) atoms. The van der Waals surface area contributed by atoms with Crippen LogP contribution in [-0.4, -0.2) is 16.5 Å². The second-order valence-corrected chi connectivity index (χ2v) is 4.80. The lowest BCUT2D eigenvalue weighted by molar-refractivity contribution is -0.122. The van der Waals surface area contributed by atoms with Gasteiger partial charge in [-0.25, -0.2) is 0 Å². The molecule has 1 amide bonds. The Morgan fingerprint density at radius 2 is 2.36 bits per heavy atom. The summed E-state index contributed by atoms with van der Waals surface area (Å²) in [6.07, 6.45) is 2.95. The molecule has 1 heterocycles. The maximum atomic E-state index is 11.1. The molecule has 0 aromatic carbocycles. The Labute approximate surface area is 75.2 Å². The predicted molar refractivity (Wildman–Crippen MR) is 46.5 cm³/mol. The van der Waals surface area contributed by atoms with E-state index in [1.807, 2.05) is 0 Å². The first-order chi connectivity index (χ1) is 5.27. The number of halogens is 1. The smallest absolute Gasteiger partial charge is 0.234 e. The van der Waals surface area contributed by atoms with Crippen LogP contribution in [0, 0.1) is 5.92 Å². The summed E-state index contributed by atoms with van der Waals surface area (Å²) in [6, 6.07) is 0. The second kappa shape index (κ2) is 2.87. The van der Waals surface area contributed by atoms with Crippen LogP contribution in [0.1, 0.15) is 19.3 Å². The van der Waals surface area contributed by atoms with Gasteiger partial charge in [-0.15, -0.1) is 11.6 Å². The Morgan fingerprint density at radius 1 is 1.55 bits per heavy atom. The lowest BCUT2D eigenvalue weighted by Gasteiger charge is -2.24. The van der Waals surface area contributed by atoms with Crippen molar-refractivity contribution in [2.45, 2.75) is 29.9 Å². The van der Waals surface area contributed by atoms with Gasteiger partial charge in [0.1, 0.15) is 0 Å². The van der Waals surface area contributed by atoms with Crippen molar-refractivity contribution >= 4 is 29.5 Å². The van der Waals surface area contributed by atoms with Gasteiger partial charge in [-0.05, 0) is 31.2 Å². The van der Waals surface area contributed by atoms with Crippen molar-refractivity contribution in [1.82, 2.24) is 4.72 Å². The van der Waals surface area contributed by atoms with Gasteiger partial charge in [0, 0.05) is 10.6 Å². The number of hydrogen-bond donors (Lipinski definition) is 1. The summed E-state index contributed by atoms with van der Waals surface area (Å²) in [7, 11) is 0. The Morgan fingerprint density at radius 3 is 3.18 bits per heavy atom. The van der Waals surface area contributed by atoms with Crippen LogP contribution in [-0.2, 0) is 4.79 Å². The molecule has 1 aliphatic carbocycles. The molecule has 0 spiro atoms. The third-order valence-electron chi connectivity index (χ3n) is 2.38. The highest BCUT2D eigenvalue weighted by atomic mass is 35.5. The largest absolute Gasteiger partial charge is 0.300 e. The Kier molecular flexibility index (Phi) is 2.02. The first kappa shape index (κ1) is 7.74. The second-order valence-electron chi connectivity index (χ2n) is 3.14. The van der Waals surface area contributed by atoms with E-state index in [0.29, 0.717) is 5.25 Å². The molecule has 0 aromatic rings. The fourth-order valence-electron chi connectivity index (χ4n) is 1.72. The predicted octanol–water partition coefficient (Wildman–Crippen LogP) is 1.54. The Bertz CT molecular complexity index is 187. The lowest BCUT2D eigenvalue weighted by atomic mass is 9.88. The average molecular weight is 192 g/mol. The van der Waals surface area contributed by atoms with Crippen LogP contribution in [0.25, 0.3) is 0 Å². The number of nitrogens with one attached hydrogen (secondary N) is 1. The molecule has 1 saturated carbocycles. The lowest BCUT2D eigenvalue weighted by Crippen LogP contribution is -2.28. The standard InChI is InChI=1S/C7H10ClNOS/c8-4-1-2-5-6(3-4)11-9-7(5)10/h4-6H,1-3H2,(H,9,10). The van der Waals surface area contributed by atoms with E-state index in [0.717, 1.165) is 19.3 Å². The van der Waals surface area contributed by atoms with Gasteiger partial charge in [0.25, 0.3) is 0 Å². The molecule has 2 fully saturated rings. The van der Waals surface area contributed by atoms with Crippen LogP contribution in [0.5, 0.6) is 0 Å². The topological polar surface area (TPSA) is 29.1 Å². The van der Waals surface area contributed by atoms with E-state index in [4.69, 9.17) is 11.6 Å². The molecule has 0 bridgehead atoms. The molecule has 1 saturated heterocycles. The van der Waals surface area contributed by atoms with E-state index in [2.05, 4.69) is 4.72 Å². The highest BCUT2D eigenvalue weighted by Gasteiger charge is 2.39. The summed E-state index contributed by atoms with van der Waals surface area (Å²) in [4.78, 5) is 11.1. The van der Waals surface area contributed by atoms with Gasteiger partial charge in [-0.2, -0.15) is 0 Å². The average Bonchev–Trinajstić information content (AvgIpc) is 2.32. The number of hydrogen-bond acceptors (Lipinski definition) is 2. The van der Waals surface area contributed by atoms with Gasteiger partial charge in [0.15, 0.2) is 0 Å². The van der Waals surface area contributed by atoms with Gasteiger partial charge >= 0.3 is 0 Å². The van der Waals surface area contributed by atoms with Crippen LogP contribution >= 0.6 is 23.5 Å². The first-order valence-electron chi connectivity index (χ1n) is 3.87. The van der Waals surface area contributed by atoms with Crippen molar-refractivity contribution in [3.05, 3.63) is 0 Å². The molecule has 4 heteroatoms. The number of amides is 1. The van der Waals surface area contributed by atoms with Gasteiger partial charge in [0.2, 0.25) is 5.91 Å². The molecule has 0 radical (unpaired) electrons. The van der Waals surface area contributed by atoms with Gasteiger partial charge in [-0.1, -0.05) is 0 Å². The molecule has 3 unspecified atom stereocenters. The van der Waals surface area contributed by atoms with Crippen LogP contribution in [0.3, 0.4) is 0 Å². The monoisotopic (exact) mass is 191 g/mol. The van der Waals surface area contributed by atoms with E-state index in [-0.39, 0.29) is 17.2 Å². The molecular weight excluding hydrogens is 182 g/mol. The minimum Gasteiger partial charge on any atom is -0.300 e. The van der Waals surface area contributed by atoms with E-state index in [1.54, 1.807) is 11.9 Å². The number of rotatable bonds is 0. The number of carbonyl (C=O) groups excluding carboxylic acids is 1. The van der Waals surface area contributed by atoms with Crippen LogP contribution in [0.4, 0.5) is 0 Å². The van der Waals surface area contributed by atoms with Gasteiger partial charge < -0.3 is 0 Å². The number of alkyl halides is 1. The molecule has 1 N–H and O–H groups in total. The molecule has 62 valence electrons.